The molecule has 1 aromatic heterocycles. The zero-order valence-electron chi connectivity index (χ0n) is 14.3. The summed E-state index contributed by atoms with van der Waals surface area (Å²) in [6, 6.07) is 13.5. The molecule has 2 rings (SSSR count). The Hall–Kier alpha value is -1.61. The molecule has 3 heteroatoms. The first kappa shape index (κ1) is 16.8. The van der Waals surface area contributed by atoms with Crippen molar-refractivity contribution >= 4 is 13.3 Å². The van der Waals surface area contributed by atoms with Crippen molar-refractivity contribution in [3.05, 3.63) is 52.1 Å². The fourth-order valence-corrected chi connectivity index (χ4v) is 7.37. The van der Waals surface area contributed by atoms with Gasteiger partial charge in [0, 0.05) is 5.19 Å². The van der Waals surface area contributed by atoms with E-state index in [4.69, 9.17) is 4.42 Å². The summed E-state index contributed by atoms with van der Waals surface area (Å²) in [4.78, 5) is 12.8. The number of rotatable bonds is 5. The lowest BCUT2D eigenvalue weighted by molar-refractivity contribution is 0.480. The molecule has 2 nitrogen and oxygen atoms in total. The summed E-state index contributed by atoms with van der Waals surface area (Å²) in [7, 11) is -1.83. The van der Waals surface area contributed by atoms with Crippen LogP contribution in [0.5, 0.6) is 0 Å². The third-order valence-corrected chi connectivity index (χ3v) is 10.8. The molecular weight excluding hydrogens is 288 g/mol. The van der Waals surface area contributed by atoms with Gasteiger partial charge in [-0.1, -0.05) is 69.2 Å². The molecule has 118 valence electrons. The Morgan fingerprint density at radius 2 is 1.50 bits per heavy atom. The van der Waals surface area contributed by atoms with Crippen molar-refractivity contribution in [2.75, 3.05) is 0 Å². The Bertz CT molecular complexity index is 689. The van der Waals surface area contributed by atoms with E-state index < -0.39 is 8.07 Å². The highest BCUT2D eigenvalue weighted by molar-refractivity contribution is 6.92. The smallest absolute Gasteiger partial charge is 0.335 e. The van der Waals surface area contributed by atoms with Gasteiger partial charge < -0.3 is 4.42 Å². The minimum Gasteiger partial charge on any atom is -0.428 e. The summed E-state index contributed by atoms with van der Waals surface area (Å²) in [5, 5.41) is 0.995. The van der Waals surface area contributed by atoms with Crippen LogP contribution in [0.2, 0.25) is 18.1 Å². The van der Waals surface area contributed by atoms with E-state index in [0.29, 0.717) is 0 Å². The molecule has 0 spiro atoms. The molecule has 0 aliphatic heterocycles. The monoisotopic (exact) mass is 314 g/mol. The van der Waals surface area contributed by atoms with Gasteiger partial charge >= 0.3 is 5.63 Å². The van der Waals surface area contributed by atoms with Crippen LogP contribution in [0.4, 0.5) is 0 Å². The van der Waals surface area contributed by atoms with Crippen molar-refractivity contribution in [2.24, 2.45) is 0 Å². The second kappa shape index (κ2) is 6.65. The van der Waals surface area contributed by atoms with Crippen LogP contribution >= 0.6 is 0 Å². The van der Waals surface area contributed by atoms with E-state index in [9.17, 15) is 4.79 Å². The number of aryl methyl sites for hydroxylation is 1. The molecule has 22 heavy (non-hydrogen) atoms. The highest BCUT2D eigenvalue weighted by atomic mass is 28.3. The van der Waals surface area contributed by atoms with Gasteiger partial charge in [0.1, 0.15) is 5.76 Å². The molecule has 1 heterocycles. The van der Waals surface area contributed by atoms with Crippen molar-refractivity contribution in [3.63, 3.8) is 0 Å². The van der Waals surface area contributed by atoms with Crippen molar-refractivity contribution in [3.8, 4) is 11.1 Å². The molecule has 0 amide bonds. The molecule has 0 aliphatic rings. The minimum atomic E-state index is -1.83. The van der Waals surface area contributed by atoms with Crippen LogP contribution < -0.4 is 10.8 Å². The highest BCUT2D eigenvalue weighted by Crippen LogP contribution is 2.29. The summed E-state index contributed by atoms with van der Waals surface area (Å²) in [5.74, 6) is 0.735. The largest absolute Gasteiger partial charge is 0.428 e. The van der Waals surface area contributed by atoms with Crippen molar-refractivity contribution < 1.29 is 4.42 Å². The van der Waals surface area contributed by atoms with Crippen LogP contribution in [-0.2, 0) is 0 Å². The maximum absolute atomic E-state index is 12.8. The third-order valence-electron chi connectivity index (χ3n) is 5.23. The molecule has 0 unspecified atom stereocenters. The summed E-state index contributed by atoms with van der Waals surface area (Å²) in [5.41, 5.74) is 3.26. The molecule has 0 N–H and O–H groups in total. The van der Waals surface area contributed by atoms with Crippen LogP contribution in [0.1, 0.15) is 32.1 Å². The van der Waals surface area contributed by atoms with E-state index in [-0.39, 0.29) is 5.63 Å². The molecule has 0 bridgehead atoms. The quantitative estimate of drug-likeness (QED) is 0.753. The van der Waals surface area contributed by atoms with Gasteiger partial charge in [0.25, 0.3) is 0 Å². The van der Waals surface area contributed by atoms with Gasteiger partial charge in [0.15, 0.2) is 0 Å². The standard InChI is InChI=1S/C19H26O2Si/c1-6-22(7-2,8-3)18-17(16-12-10-9-11-13-16)14(4)15(5)21-19(18)20/h9-13H,6-8H2,1-5H3. The average Bonchev–Trinajstić information content (AvgIpc) is 2.55. The first-order chi connectivity index (χ1) is 10.5. The van der Waals surface area contributed by atoms with Crippen LogP contribution in [0.15, 0.2) is 39.5 Å². The zero-order valence-corrected chi connectivity index (χ0v) is 15.3. The molecule has 2 aromatic rings. The predicted molar refractivity (Wildman–Crippen MR) is 96.7 cm³/mol. The first-order valence-corrected chi connectivity index (χ1v) is 10.8. The average molecular weight is 315 g/mol. The topological polar surface area (TPSA) is 30.2 Å². The van der Waals surface area contributed by atoms with E-state index in [1.54, 1.807) is 0 Å². The Labute approximate surface area is 134 Å². The number of hydrogen-bond acceptors (Lipinski definition) is 2. The van der Waals surface area contributed by atoms with Gasteiger partial charge in [0.05, 0.1) is 8.07 Å². The fraction of sp³-hybridized carbons (Fsp3) is 0.421. The lowest BCUT2D eigenvalue weighted by Crippen LogP contribution is -2.54. The molecule has 0 atom stereocenters. The summed E-state index contributed by atoms with van der Waals surface area (Å²) >= 11 is 0. The predicted octanol–water partition coefficient (Wildman–Crippen LogP) is 4.64. The van der Waals surface area contributed by atoms with Gasteiger partial charge in [0.2, 0.25) is 0 Å². The third kappa shape index (κ3) is 2.70. The summed E-state index contributed by atoms with van der Waals surface area (Å²) in [6.45, 7) is 10.6. The van der Waals surface area contributed by atoms with Crippen LogP contribution in [-0.4, -0.2) is 8.07 Å². The van der Waals surface area contributed by atoms with Gasteiger partial charge in [-0.2, -0.15) is 0 Å². The van der Waals surface area contributed by atoms with E-state index in [0.717, 1.165) is 45.8 Å². The molecule has 0 radical (unpaired) electrons. The second-order valence-corrected chi connectivity index (χ2v) is 11.2. The maximum Gasteiger partial charge on any atom is 0.335 e. The van der Waals surface area contributed by atoms with Crippen LogP contribution in [0.3, 0.4) is 0 Å². The molecular formula is C19H26O2Si. The minimum absolute atomic E-state index is 0.112. The Morgan fingerprint density at radius 3 is 2.00 bits per heavy atom. The Morgan fingerprint density at radius 1 is 0.955 bits per heavy atom. The lowest BCUT2D eigenvalue weighted by atomic mass is 10.0. The SMILES string of the molecule is CC[Si](CC)(CC)c1c(-c2ccccc2)c(C)c(C)oc1=O. The molecule has 0 saturated carbocycles. The van der Waals surface area contributed by atoms with E-state index in [2.05, 4.69) is 39.8 Å². The second-order valence-electron chi connectivity index (χ2n) is 6.03. The molecule has 0 saturated heterocycles. The van der Waals surface area contributed by atoms with Gasteiger partial charge in [-0.3, -0.25) is 0 Å². The first-order valence-electron chi connectivity index (χ1n) is 8.21. The molecule has 0 aliphatic carbocycles. The zero-order chi connectivity index (χ0) is 16.3. The fourth-order valence-electron chi connectivity index (χ4n) is 3.46. The molecule has 1 aromatic carbocycles. The van der Waals surface area contributed by atoms with E-state index >= 15 is 0 Å². The van der Waals surface area contributed by atoms with Gasteiger partial charge in [-0.05, 0) is 30.5 Å². The normalized spacial score (nSPS) is 11.7. The van der Waals surface area contributed by atoms with Crippen LogP contribution in [0, 0.1) is 13.8 Å². The Balaban J connectivity index is 2.90. The number of hydrogen-bond donors (Lipinski definition) is 0. The Kier molecular flexibility index (Phi) is 5.07. The highest BCUT2D eigenvalue weighted by Gasteiger charge is 2.36. The van der Waals surface area contributed by atoms with Gasteiger partial charge in [-0.15, -0.1) is 0 Å². The van der Waals surface area contributed by atoms with Crippen molar-refractivity contribution in [2.45, 2.75) is 52.8 Å². The number of benzene rings is 1. The van der Waals surface area contributed by atoms with E-state index in [1.807, 2.05) is 25.1 Å². The van der Waals surface area contributed by atoms with Crippen molar-refractivity contribution in [1.29, 1.82) is 0 Å². The maximum atomic E-state index is 12.8. The van der Waals surface area contributed by atoms with Crippen molar-refractivity contribution in [1.82, 2.24) is 0 Å². The molecule has 0 fully saturated rings. The summed E-state index contributed by atoms with van der Waals surface area (Å²) < 4.78 is 5.59. The van der Waals surface area contributed by atoms with E-state index in [1.165, 1.54) is 0 Å². The van der Waals surface area contributed by atoms with Gasteiger partial charge in [-0.25, -0.2) is 4.79 Å². The lowest BCUT2D eigenvalue weighted by Gasteiger charge is -2.30. The summed E-state index contributed by atoms with van der Waals surface area (Å²) in [6.07, 6.45) is 0. The van der Waals surface area contributed by atoms with Crippen LogP contribution in [0.25, 0.3) is 11.1 Å².